The molecule has 1 fully saturated rings. The lowest BCUT2D eigenvalue weighted by atomic mass is 9.97. The Labute approximate surface area is 92.1 Å². The molecule has 1 heterocycles. The molecule has 1 saturated heterocycles. The number of aliphatic hydroxyl groups excluding tert-OH is 1. The van der Waals surface area contributed by atoms with Crippen molar-refractivity contribution in [2.24, 2.45) is 0 Å². The van der Waals surface area contributed by atoms with Gasteiger partial charge in [0.15, 0.2) is 0 Å². The Morgan fingerprint density at radius 3 is 2.93 bits per heavy atom. The molecular formula is C11H23NOS. The minimum absolute atomic E-state index is 0.144. The summed E-state index contributed by atoms with van der Waals surface area (Å²) in [6, 6.07) is 0.635. The topological polar surface area (TPSA) is 23.5 Å². The highest BCUT2D eigenvalue weighted by molar-refractivity contribution is 7.98. The number of piperidine rings is 1. The molecule has 1 N–H and O–H groups in total. The van der Waals surface area contributed by atoms with E-state index in [0.29, 0.717) is 6.04 Å². The van der Waals surface area contributed by atoms with E-state index in [2.05, 4.69) is 11.2 Å². The van der Waals surface area contributed by atoms with E-state index in [0.717, 1.165) is 6.42 Å². The van der Waals surface area contributed by atoms with Gasteiger partial charge in [0, 0.05) is 18.3 Å². The largest absolute Gasteiger partial charge is 0.393 e. The van der Waals surface area contributed by atoms with Crippen LogP contribution >= 0.6 is 11.8 Å². The SMILES string of the molecule is CSCCN1CCCCC1CC(C)O. The molecule has 0 aliphatic carbocycles. The summed E-state index contributed by atoms with van der Waals surface area (Å²) in [6.45, 7) is 4.33. The van der Waals surface area contributed by atoms with Crippen molar-refractivity contribution in [3.8, 4) is 0 Å². The highest BCUT2D eigenvalue weighted by atomic mass is 32.2. The van der Waals surface area contributed by atoms with Crippen molar-refractivity contribution in [1.29, 1.82) is 0 Å². The average molecular weight is 217 g/mol. The first-order chi connectivity index (χ1) is 6.74. The molecular weight excluding hydrogens is 194 g/mol. The summed E-state index contributed by atoms with van der Waals surface area (Å²) in [5.74, 6) is 1.22. The average Bonchev–Trinajstić information content (AvgIpc) is 2.16. The molecule has 0 saturated carbocycles. The van der Waals surface area contributed by atoms with Crippen LogP contribution in [0.2, 0.25) is 0 Å². The van der Waals surface area contributed by atoms with Crippen LogP contribution in [0.15, 0.2) is 0 Å². The van der Waals surface area contributed by atoms with Crippen molar-refractivity contribution >= 4 is 11.8 Å². The number of nitrogens with zero attached hydrogens (tertiary/aromatic N) is 1. The van der Waals surface area contributed by atoms with E-state index in [1.807, 2.05) is 18.7 Å². The third kappa shape index (κ3) is 4.20. The predicted molar refractivity (Wildman–Crippen MR) is 63.9 cm³/mol. The molecule has 0 aromatic rings. The van der Waals surface area contributed by atoms with E-state index in [4.69, 9.17) is 0 Å². The van der Waals surface area contributed by atoms with Gasteiger partial charge in [0.25, 0.3) is 0 Å². The van der Waals surface area contributed by atoms with Crippen LogP contribution < -0.4 is 0 Å². The standard InChI is InChI=1S/C11H23NOS/c1-10(13)9-11-5-3-4-6-12(11)7-8-14-2/h10-11,13H,3-9H2,1-2H3. The Kier molecular flexibility index (Phi) is 5.90. The van der Waals surface area contributed by atoms with Crippen LogP contribution in [0.5, 0.6) is 0 Å². The van der Waals surface area contributed by atoms with E-state index < -0.39 is 0 Å². The third-order valence-electron chi connectivity index (χ3n) is 2.94. The van der Waals surface area contributed by atoms with E-state index >= 15 is 0 Å². The second kappa shape index (κ2) is 6.70. The second-order valence-electron chi connectivity index (χ2n) is 4.26. The summed E-state index contributed by atoms with van der Waals surface area (Å²) in [5, 5.41) is 9.42. The number of likely N-dealkylation sites (tertiary alicyclic amines) is 1. The molecule has 3 heteroatoms. The molecule has 0 bridgehead atoms. The van der Waals surface area contributed by atoms with Gasteiger partial charge in [0.05, 0.1) is 6.10 Å². The predicted octanol–water partition coefficient (Wildman–Crippen LogP) is 1.97. The highest BCUT2D eigenvalue weighted by Crippen LogP contribution is 2.20. The zero-order chi connectivity index (χ0) is 10.4. The van der Waals surface area contributed by atoms with E-state index in [1.54, 1.807) is 0 Å². The second-order valence-corrected chi connectivity index (χ2v) is 5.25. The van der Waals surface area contributed by atoms with Gasteiger partial charge in [-0.15, -0.1) is 0 Å². The lowest BCUT2D eigenvalue weighted by Crippen LogP contribution is -2.42. The van der Waals surface area contributed by atoms with Crippen LogP contribution in [0.4, 0.5) is 0 Å². The monoisotopic (exact) mass is 217 g/mol. The quantitative estimate of drug-likeness (QED) is 0.761. The summed E-state index contributed by atoms with van der Waals surface area (Å²) in [7, 11) is 0. The third-order valence-corrected chi connectivity index (χ3v) is 3.54. The summed E-state index contributed by atoms with van der Waals surface area (Å²) in [4.78, 5) is 2.56. The maximum absolute atomic E-state index is 9.42. The first-order valence-corrected chi connectivity index (χ1v) is 7.04. The van der Waals surface area contributed by atoms with Crippen LogP contribution in [0.25, 0.3) is 0 Å². The molecule has 2 atom stereocenters. The summed E-state index contributed by atoms with van der Waals surface area (Å²) < 4.78 is 0. The Balaban J connectivity index is 2.33. The highest BCUT2D eigenvalue weighted by Gasteiger charge is 2.22. The molecule has 0 radical (unpaired) electrons. The van der Waals surface area contributed by atoms with Crippen LogP contribution in [0.3, 0.4) is 0 Å². The van der Waals surface area contributed by atoms with E-state index in [1.165, 1.54) is 38.1 Å². The fourth-order valence-corrected chi connectivity index (χ4v) is 2.64. The van der Waals surface area contributed by atoms with E-state index in [9.17, 15) is 5.11 Å². The van der Waals surface area contributed by atoms with Crippen LogP contribution in [0, 0.1) is 0 Å². The molecule has 1 aliphatic heterocycles. The summed E-state index contributed by atoms with van der Waals surface area (Å²) in [5.41, 5.74) is 0. The first-order valence-electron chi connectivity index (χ1n) is 5.65. The molecule has 0 aromatic heterocycles. The van der Waals surface area contributed by atoms with Gasteiger partial charge in [-0.2, -0.15) is 11.8 Å². The Morgan fingerprint density at radius 1 is 1.50 bits per heavy atom. The Bertz CT molecular complexity index is 152. The smallest absolute Gasteiger partial charge is 0.0527 e. The van der Waals surface area contributed by atoms with E-state index in [-0.39, 0.29) is 6.10 Å². The molecule has 2 nitrogen and oxygen atoms in total. The number of hydrogen-bond donors (Lipinski definition) is 1. The minimum Gasteiger partial charge on any atom is -0.393 e. The van der Waals surface area contributed by atoms with Crippen molar-refractivity contribution in [2.75, 3.05) is 25.1 Å². The fraction of sp³-hybridized carbons (Fsp3) is 1.00. The van der Waals surface area contributed by atoms with Crippen LogP contribution in [-0.4, -0.2) is 47.3 Å². The van der Waals surface area contributed by atoms with Gasteiger partial charge in [0.1, 0.15) is 0 Å². The molecule has 0 spiro atoms. The summed E-state index contributed by atoms with van der Waals surface area (Å²) >= 11 is 1.91. The van der Waals surface area contributed by atoms with Crippen molar-refractivity contribution < 1.29 is 5.11 Å². The van der Waals surface area contributed by atoms with Gasteiger partial charge in [-0.25, -0.2) is 0 Å². The van der Waals surface area contributed by atoms with Crippen molar-refractivity contribution in [3.05, 3.63) is 0 Å². The van der Waals surface area contributed by atoms with Gasteiger partial charge in [-0.05, 0) is 39.0 Å². The molecule has 0 aromatic carbocycles. The van der Waals surface area contributed by atoms with Crippen molar-refractivity contribution in [1.82, 2.24) is 4.90 Å². The molecule has 84 valence electrons. The fourth-order valence-electron chi connectivity index (χ4n) is 2.22. The molecule has 0 amide bonds. The van der Waals surface area contributed by atoms with Gasteiger partial charge in [-0.1, -0.05) is 6.42 Å². The number of hydrogen-bond acceptors (Lipinski definition) is 3. The van der Waals surface area contributed by atoms with Gasteiger partial charge >= 0.3 is 0 Å². The maximum atomic E-state index is 9.42. The van der Waals surface area contributed by atoms with Gasteiger partial charge in [-0.3, -0.25) is 4.90 Å². The van der Waals surface area contributed by atoms with Crippen molar-refractivity contribution in [3.63, 3.8) is 0 Å². The Hall–Kier alpha value is 0.270. The number of thioether (sulfide) groups is 1. The number of aliphatic hydroxyl groups is 1. The minimum atomic E-state index is -0.144. The normalized spacial score (nSPS) is 26.4. The molecule has 14 heavy (non-hydrogen) atoms. The Morgan fingerprint density at radius 2 is 2.29 bits per heavy atom. The maximum Gasteiger partial charge on any atom is 0.0527 e. The molecule has 2 unspecified atom stereocenters. The lowest BCUT2D eigenvalue weighted by Gasteiger charge is -2.36. The number of rotatable bonds is 5. The zero-order valence-corrected chi connectivity index (χ0v) is 10.2. The molecule has 1 aliphatic rings. The van der Waals surface area contributed by atoms with Crippen LogP contribution in [-0.2, 0) is 0 Å². The molecule has 1 rings (SSSR count). The first kappa shape index (κ1) is 12.3. The van der Waals surface area contributed by atoms with Gasteiger partial charge in [0.2, 0.25) is 0 Å². The van der Waals surface area contributed by atoms with Crippen LogP contribution in [0.1, 0.15) is 32.6 Å². The lowest BCUT2D eigenvalue weighted by molar-refractivity contribution is 0.0916. The summed E-state index contributed by atoms with van der Waals surface area (Å²) in [6.07, 6.45) is 6.92. The van der Waals surface area contributed by atoms with Gasteiger partial charge < -0.3 is 5.11 Å². The zero-order valence-electron chi connectivity index (χ0n) is 9.41. The van der Waals surface area contributed by atoms with Crippen molar-refractivity contribution in [2.45, 2.75) is 44.8 Å².